The molecule has 0 aliphatic carbocycles. The molecule has 0 N–H and O–H groups in total. The van der Waals surface area contributed by atoms with Crippen LogP contribution in [0.4, 0.5) is 0 Å². The van der Waals surface area contributed by atoms with Gasteiger partial charge in [0.05, 0.1) is 33.4 Å². The Morgan fingerprint density at radius 2 is 0.580 bits per heavy atom. The number of fused-ring (bicyclic) bond motifs is 6. The maximum Gasteiger partial charge on any atom is 0.0547 e. The maximum atomic E-state index is 2.46. The van der Waals surface area contributed by atoms with Gasteiger partial charge in [-0.25, -0.2) is 0 Å². The summed E-state index contributed by atoms with van der Waals surface area (Å²) in [6, 6.07) is 70.3. The molecule has 50 heavy (non-hydrogen) atoms. The van der Waals surface area contributed by atoms with E-state index in [1.807, 2.05) is 0 Å². The van der Waals surface area contributed by atoms with Crippen LogP contribution in [-0.2, 0) is 0 Å². The summed E-state index contributed by atoms with van der Waals surface area (Å²) in [5.41, 5.74) is 14.4. The fourth-order valence-corrected chi connectivity index (χ4v) is 8.07. The van der Waals surface area contributed by atoms with Crippen molar-refractivity contribution in [2.75, 3.05) is 0 Å². The molecule has 0 bridgehead atoms. The SMILES string of the molecule is c1ccc(-c2cccc3c2c2ccccc2n3-c2ccccc2-c2ccccc2-n2c3ccccc3c3c(-c4ccccc4)cccc32)cc1. The van der Waals surface area contributed by atoms with Crippen molar-refractivity contribution in [1.29, 1.82) is 0 Å². The summed E-state index contributed by atoms with van der Waals surface area (Å²) in [6.45, 7) is 0. The van der Waals surface area contributed by atoms with Crippen LogP contribution in [0.25, 0.3) is 88.4 Å². The van der Waals surface area contributed by atoms with Crippen molar-refractivity contribution in [1.82, 2.24) is 9.13 Å². The van der Waals surface area contributed by atoms with Crippen LogP contribution < -0.4 is 0 Å². The molecule has 0 unspecified atom stereocenters. The Morgan fingerprint density at radius 1 is 0.240 bits per heavy atom. The number of para-hydroxylation sites is 4. The van der Waals surface area contributed by atoms with Crippen molar-refractivity contribution in [3.05, 3.63) is 194 Å². The van der Waals surface area contributed by atoms with Gasteiger partial charge in [-0.05, 0) is 58.7 Å². The Balaban J connectivity index is 1.26. The molecule has 0 atom stereocenters. The summed E-state index contributed by atoms with van der Waals surface area (Å²) in [4.78, 5) is 0. The van der Waals surface area contributed by atoms with E-state index in [0.29, 0.717) is 0 Å². The smallest absolute Gasteiger partial charge is 0.0547 e. The quantitative estimate of drug-likeness (QED) is 0.178. The van der Waals surface area contributed by atoms with Gasteiger partial charge in [0, 0.05) is 32.7 Å². The maximum absolute atomic E-state index is 2.46. The highest BCUT2D eigenvalue weighted by Crippen LogP contribution is 2.44. The van der Waals surface area contributed by atoms with Gasteiger partial charge in [0.1, 0.15) is 0 Å². The van der Waals surface area contributed by atoms with Crippen molar-refractivity contribution >= 4 is 43.6 Å². The average Bonchev–Trinajstić information content (AvgIpc) is 3.72. The molecular formula is C48H32N2. The fraction of sp³-hybridized carbons (Fsp3) is 0. The molecule has 0 amide bonds. The third kappa shape index (κ3) is 4.29. The van der Waals surface area contributed by atoms with E-state index in [9.17, 15) is 0 Å². The summed E-state index contributed by atoms with van der Waals surface area (Å²) in [5, 5.41) is 5.04. The molecule has 0 aliphatic heterocycles. The Morgan fingerprint density at radius 3 is 1.04 bits per heavy atom. The summed E-state index contributed by atoms with van der Waals surface area (Å²) in [5.74, 6) is 0. The number of rotatable bonds is 5. The van der Waals surface area contributed by atoms with Crippen LogP contribution in [0.15, 0.2) is 194 Å². The van der Waals surface area contributed by atoms with Crippen molar-refractivity contribution in [2.45, 2.75) is 0 Å². The number of hydrogen-bond donors (Lipinski definition) is 0. The Hall–Kier alpha value is -6.64. The minimum atomic E-state index is 1.15. The third-order valence-corrected chi connectivity index (χ3v) is 10.1. The third-order valence-electron chi connectivity index (χ3n) is 10.1. The Bertz CT molecular complexity index is 2660. The fourth-order valence-electron chi connectivity index (χ4n) is 8.07. The van der Waals surface area contributed by atoms with Gasteiger partial charge in [-0.15, -0.1) is 0 Å². The molecule has 0 fully saturated rings. The van der Waals surface area contributed by atoms with Crippen LogP contribution in [0.5, 0.6) is 0 Å². The van der Waals surface area contributed by atoms with Crippen molar-refractivity contribution in [3.8, 4) is 44.8 Å². The molecule has 234 valence electrons. The lowest BCUT2D eigenvalue weighted by atomic mass is 9.99. The van der Waals surface area contributed by atoms with Gasteiger partial charge in [0.15, 0.2) is 0 Å². The zero-order valence-corrected chi connectivity index (χ0v) is 27.4. The molecular weight excluding hydrogens is 605 g/mol. The summed E-state index contributed by atoms with van der Waals surface area (Å²) < 4.78 is 4.92. The van der Waals surface area contributed by atoms with Gasteiger partial charge in [-0.2, -0.15) is 0 Å². The minimum Gasteiger partial charge on any atom is -0.309 e. The van der Waals surface area contributed by atoms with E-state index in [1.54, 1.807) is 0 Å². The Labute approximate surface area is 290 Å². The van der Waals surface area contributed by atoms with E-state index in [1.165, 1.54) is 77.0 Å². The first-order valence-electron chi connectivity index (χ1n) is 17.2. The van der Waals surface area contributed by atoms with Gasteiger partial charge in [0.2, 0.25) is 0 Å². The first kappa shape index (κ1) is 28.4. The molecule has 10 rings (SSSR count). The molecule has 2 heteroatoms. The number of benzene rings is 8. The molecule has 10 aromatic rings. The monoisotopic (exact) mass is 636 g/mol. The van der Waals surface area contributed by atoms with Crippen LogP contribution >= 0.6 is 0 Å². The first-order chi connectivity index (χ1) is 24.9. The van der Waals surface area contributed by atoms with E-state index >= 15 is 0 Å². The normalized spacial score (nSPS) is 11.6. The van der Waals surface area contributed by atoms with Gasteiger partial charge in [0.25, 0.3) is 0 Å². The van der Waals surface area contributed by atoms with E-state index in [-0.39, 0.29) is 0 Å². The largest absolute Gasteiger partial charge is 0.309 e. The molecule has 8 aromatic carbocycles. The minimum absolute atomic E-state index is 1.15. The first-order valence-corrected chi connectivity index (χ1v) is 17.2. The summed E-state index contributed by atoms with van der Waals surface area (Å²) >= 11 is 0. The van der Waals surface area contributed by atoms with Gasteiger partial charge in [-0.1, -0.05) is 158 Å². The second-order valence-electron chi connectivity index (χ2n) is 12.9. The second-order valence-corrected chi connectivity index (χ2v) is 12.9. The zero-order valence-electron chi connectivity index (χ0n) is 27.4. The molecule has 0 radical (unpaired) electrons. The van der Waals surface area contributed by atoms with Crippen molar-refractivity contribution in [3.63, 3.8) is 0 Å². The number of hydrogen-bond acceptors (Lipinski definition) is 0. The van der Waals surface area contributed by atoms with Crippen molar-refractivity contribution in [2.24, 2.45) is 0 Å². The molecule has 2 aromatic heterocycles. The Kier molecular flexibility index (Phi) is 6.53. The highest BCUT2D eigenvalue weighted by atomic mass is 15.0. The topological polar surface area (TPSA) is 9.86 Å². The molecule has 0 saturated heterocycles. The van der Waals surface area contributed by atoms with Crippen LogP contribution in [0.2, 0.25) is 0 Å². The van der Waals surface area contributed by atoms with Crippen LogP contribution in [0, 0.1) is 0 Å². The second kappa shape index (κ2) is 11.5. The van der Waals surface area contributed by atoms with E-state index in [0.717, 1.165) is 11.4 Å². The van der Waals surface area contributed by atoms with Crippen molar-refractivity contribution < 1.29 is 0 Å². The molecule has 0 aliphatic rings. The predicted molar refractivity (Wildman–Crippen MR) is 211 cm³/mol. The van der Waals surface area contributed by atoms with E-state index < -0.39 is 0 Å². The molecule has 2 heterocycles. The predicted octanol–water partition coefficient (Wildman–Crippen LogP) is 12.9. The van der Waals surface area contributed by atoms with Gasteiger partial charge >= 0.3 is 0 Å². The highest BCUT2D eigenvalue weighted by molar-refractivity contribution is 6.17. The lowest BCUT2D eigenvalue weighted by Gasteiger charge is -2.18. The zero-order chi connectivity index (χ0) is 33.0. The lowest BCUT2D eigenvalue weighted by Crippen LogP contribution is -2.01. The average molecular weight is 637 g/mol. The standard InChI is InChI=1S/C48H32N2/c1-3-17-33(18-4-1)35-25-15-31-45-47(35)39-23-9-13-29-43(39)49(45)41-27-11-7-21-37(41)38-22-8-12-28-42(38)50-44-30-14-10-24-40(44)48-36(26-16-32-46(48)50)34-19-5-2-6-20-34/h1-32H. The van der Waals surface area contributed by atoms with Gasteiger partial charge < -0.3 is 9.13 Å². The van der Waals surface area contributed by atoms with Crippen LogP contribution in [0.3, 0.4) is 0 Å². The number of nitrogens with zero attached hydrogens (tertiary/aromatic N) is 2. The number of aromatic nitrogens is 2. The van der Waals surface area contributed by atoms with E-state index in [2.05, 4.69) is 203 Å². The highest BCUT2D eigenvalue weighted by Gasteiger charge is 2.21. The molecule has 2 nitrogen and oxygen atoms in total. The van der Waals surface area contributed by atoms with Crippen LogP contribution in [-0.4, -0.2) is 9.13 Å². The molecule has 0 saturated carbocycles. The molecule has 0 spiro atoms. The summed E-state index contributed by atoms with van der Waals surface area (Å²) in [6.07, 6.45) is 0. The lowest BCUT2D eigenvalue weighted by molar-refractivity contribution is 1.16. The van der Waals surface area contributed by atoms with Crippen LogP contribution in [0.1, 0.15) is 0 Å². The summed E-state index contributed by atoms with van der Waals surface area (Å²) in [7, 11) is 0. The van der Waals surface area contributed by atoms with Gasteiger partial charge in [-0.3, -0.25) is 0 Å². The van der Waals surface area contributed by atoms with E-state index in [4.69, 9.17) is 0 Å².